The predicted molar refractivity (Wildman–Crippen MR) is 81.8 cm³/mol. The van der Waals surface area contributed by atoms with Crippen molar-refractivity contribution in [3.05, 3.63) is 33.3 Å². The number of rotatable bonds is 4. The van der Waals surface area contributed by atoms with Crippen LogP contribution in [0.25, 0.3) is 10.2 Å². The van der Waals surface area contributed by atoms with Crippen molar-refractivity contribution in [3.8, 4) is 0 Å². The molecule has 20 heavy (non-hydrogen) atoms. The van der Waals surface area contributed by atoms with Crippen molar-refractivity contribution in [1.82, 2.24) is 19.1 Å². The lowest BCUT2D eigenvalue weighted by molar-refractivity contribution is 0.728. The summed E-state index contributed by atoms with van der Waals surface area (Å²) in [7, 11) is 0. The Morgan fingerprint density at radius 2 is 2.30 bits per heavy atom. The topological polar surface area (TPSA) is 72.7 Å². The van der Waals surface area contributed by atoms with Gasteiger partial charge in [-0.1, -0.05) is 4.49 Å². The molecule has 3 heterocycles. The van der Waals surface area contributed by atoms with E-state index in [2.05, 4.69) is 19.9 Å². The van der Waals surface area contributed by atoms with Gasteiger partial charge in [0.1, 0.15) is 15.4 Å². The fraction of sp³-hybridized carbons (Fsp3) is 0.333. The zero-order valence-electron chi connectivity index (χ0n) is 11.1. The Morgan fingerprint density at radius 1 is 1.45 bits per heavy atom. The van der Waals surface area contributed by atoms with Gasteiger partial charge in [0.15, 0.2) is 0 Å². The van der Waals surface area contributed by atoms with Crippen LogP contribution in [0, 0.1) is 6.92 Å². The van der Waals surface area contributed by atoms with Gasteiger partial charge in [0.05, 0.1) is 18.4 Å². The second-order valence-electron chi connectivity index (χ2n) is 4.35. The molecule has 0 spiro atoms. The van der Waals surface area contributed by atoms with Gasteiger partial charge in [-0.25, -0.2) is 4.98 Å². The molecule has 3 aromatic rings. The molecule has 0 radical (unpaired) electrons. The lowest BCUT2D eigenvalue weighted by Crippen LogP contribution is -2.21. The number of nitrogens with one attached hydrogen (secondary N) is 1. The third-order valence-electron chi connectivity index (χ3n) is 2.94. The molecular weight excluding hydrogens is 294 g/mol. The van der Waals surface area contributed by atoms with Crippen LogP contribution in [0.15, 0.2) is 16.5 Å². The summed E-state index contributed by atoms with van der Waals surface area (Å²) in [6.45, 7) is 5.16. The molecule has 1 N–H and O–H groups in total. The smallest absolute Gasteiger partial charge is 0.271 e. The van der Waals surface area contributed by atoms with Gasteiger partial charge in [-0.2, -0.15) is 0 Å². The van der Waals surface area contributed by atoms with Gasteiger partial charge in [0.2, 0.25) is 0 Å². The van der Waals surface area contributed by atoms with Crippen LogP contribution in [0.2, 0.25) is 0 Å². The van der Waals surface area contributed by atoms with Gasteiger partial charge in [0, 0.05) is 18.1 Å². The van der Waals surface area contributed by atoms with Gasteiger partial charge >= 0.3 is 0 Å². The molecular formula is C12H13N5OS2. The van der Waals surface area contributed by atoms with Crippen molar-refractivity contribution < 1.29 is 0 Å². The largest absolute Gasteiger partial charge is 0.374 e. The molecule has 104 valence electrons. The molecule has 6 nitrogen and oxygen atoms in total. The highest BCUT2D eigenvalue weighted by Gasteiger charge is 2.12. The van der Waals surface area contributed by atoms with E-state index in [1.165, 1.54) is 22.9 Å². The highest BCUT2D eigenvalue weighted by molar-refractivity contribution is 7.17. The molecule has 0 atom stereocenters. The average Bonchev–Trinajstić information content (AvgIpc) is 3.02. The van der Waals surface area contributed by atoms with E-state index in [-0.39, 0.29) is 5.56 Å². The minimum Gasteiger partial charge on any atom is -0.374 e. The number of hydrogen-bond acceptors (Lipinski definition) is 7. The van der Waals surface area contributed by atoms with E-state index >= 15 is 0 Å². The summed E-state index contributed by atoms with van der Waals surface area (Å²) < 4.78 is 6.20. The number of aryl methyl sites for hydroxylation is 1. The van der Waals surface area contributed by atoms with Gasteiger partial charge in [0.25, 0.3) is 5.56 Å². The van der Waals surface area contributed by atoms with Crippen LogP contribution >= 0.6 is 22.9 Å². The Bertz CT molecular complexity index is 804. The van der Waals surface area contributed by atoms with Crippen LogP contribution in [0.4, 0.5) is 5.00 Å². The normalized spacial score (nSPS) is 11.1. The zero-order chi connectivity index (χ0) is 14.1. The number of anilines is 1. The van der Waals surface area contributed by atoms with E-state index in [9.17, 15) is 4.79 Å². The maximum absolute atomic E-state index is 12.4. The highest BCUT2D eigenvalue weighted by atomic mass is 32.1. The first-order valence-electron chi connectivity index (χ1n) is 6.19. The second kappa shape index (κ2) is 5.29. The maximum atomic E-state index is 12.4. The summed E-state index contributed by atoms with van der Waals surface area (Å²) >= 11 is 2.74. The molecule has 0 saturated carbocycles. The summed E-state index contributed by atoms with van der Waals surface area (Å²) in [5, 5.41) is 10.1. The molecule has 8 heteroatoms. The summed E-state index contributed by atoms with van der Waals surface area (Å²) in [5.74, 6) is 0. The number of thiophene rings is 1. The van der Waals surface area contributed by atoms with Crippen molar-refractivity contribution in [2.75, 3.05) is 11.9 Å². The first-order valence-corrected chi connectivity index (χ1v) is 7.84. The predicted octanol–water partition coefficient (Wildman–Crippen LogP) is 2.10. The molecule has 0 fully saturated rings. The number of aromatic nitrogens is 4. The SMILES string of the molecule is CCNc1snnc1Cn1cnc2c(C)csc2c1=O. The van der Waals surface area contributed by atoms with Crippen LogP contribution in [0.1, 0.15) is 18.2 Å². The lowest BCUT2D eigenvalue weighted by atomic mass is 10.3. The van der Waals surface area contributed by atoms with Crippen molar-refractivity contribution in [3.63, 3.8) is 0 Å². The summed E-state index contributed by atoms with van der Waals surface area (Å²) in [6, 6.07) is 0. The first kappa shape index (κ1) is 13.2. The third-order valence-corrected chi connectivity index (χ3v) is 4.74. The van der Waals surface area contributed by atoms with Crippen molar-refractivity contribution in [2.45, 2.75) is 20.4 Å². The number of fused-ring (bicyclic) bond motifs is 1. The van der Waals surface area contributed by atoms with Gasteiger partial charge in [-0.15, -0.1) is 16.4 Å². The summed E-state index contributed by atoms with van der Waals surface area (Å²) in [4.78, 5) is 16.8. The molecule has 0 aromatic carbocycles. The first-order chi connectivity index (χ1) is 9.70. The van der Waals surface area contributed by atoms with Crippen molar-refractivity contribution >= 4 is 38.1 Å². The molecule has 0 amide bonds. The maximum Gasteiger partial charge on any atom is 0.271 e. The Hall–Kier alpha value is -1.80. The van der Waals surface area contributed by atoms with Crippen LogP contribution in [-0.2, 0) is 6.54 Å². The quantitative estimate of drug-likeness (QED) is 0.799. The number of nitrogens with zero attached hydrogens (tertiary/aromatic N) is 4. The fourth-order valence-electron chi connectivity index (χ4n) is 1.94. The Morgan fingerprint density at radius 3 is 3.10 bits per heavy atom. The van der Waals surface area contributed by atoms with E-state index in [1.807, 2.05) is 19.2 Å². The molecule has 0 aliphatic heterocycles. The molecule has 0 bridgehead atoms. The van der Waals surface area contributed by atoms with Gasteiger partial charge < -0.3 is 5.32 Å². The Balaban J connectivity index is 2.00. The van der Waals surface area contributed by atoms with Crippen LogP contribution < -0.4 is 10.9 Å². The van der Waals surface area contributed by atoms with Gasteiger partial charge in [-0.05, 0) is 24.8 Å². The van der Waals surface area contributed by atoms with Crippen LogP contribution in [0.3, 0.4) is 0 Å². The average molecular weight is 307 g/mol. The van der Waals surface area contributed by atoms with Crippen LogP contribution in [-0.4, -0.2) is 25.7 Å². The van der Waals surface area contributed by atoms with E-state index < -0.39 is 0 Å². The second-order valence-corrected chi connectivity index (χ2v) is 5.99. The lowest BCUT2D eigenvalue weighted by Gasteiger charge is -2.05. The third kappa shape index (κ3) is 2.20. The molecule has 0 unspecified atom stereocenters. The molecule has 0 saturated heterocycles. The van der Waals surface area contributed by atoms with Crippen molar-refractivity contribution in [1.29, 1.82) is 0 Å². The van der Waals surface area contributed by atoms with E-state index in [4.69, 9.17) is 0 Å². The molecule has 0 aliphatic carbocycles. The summed E-state index contributed by atoms with van der Waals surface area (Å²) in [6.07, 6.45) is 1.58. The Labute approximate surface area is 123 Å². The molecule has 0 aliphatic rings. The molecule has 3 rings (SSSR count). The standard InChI is InChI=1S/C12H13N5OS2/c1-3-13-11-8(15-16-20-11)4-17-6-14-9-7(2)5-19-10(9)12(17)18/h5-6,13H,3-4H2,1-2H3. The Kier molecular flexibility index (Phi) is 3.49. The minimum absolute atomic E-state index is 0.0245. The highest BCUT2D eigenvalue weighted by Crippen LogP contribution is 2.21. The monoisotopic (exact) mass is 307 g/mol. The van der Waals surface area contributed by atoms with Crippen molar-refractivity contribution in [2.24, 2.45) is 0 Å². The minimum atomic E-state index is -0.0245. The van der Waals surface area contributed by atoms with E-state index in [0.717, 1.165) is 28.3 Å². The van der Waals surface area contributed by atoms with Crippen LogP contribution in [0.5, 0.6) is 0 Å². The number of hydrogen-bond donors (Lipinski definition) is 1. The van der Waals surface area contributed by atoms with Gasteiger partial charge in [-0.3, -0.25) is 9.36 Å². The zero-order valence-corrected chi connectivity index (χ0v) is 12.7. The summed E-state index contributed by atoms with van der Waals surface area (Å²) in [5.41, 5.74) is 2.58. The van der Waals surface area contributed by atoms with E-state index in [1.54, 1.807) is 10.9 Å². The van der Waals surface area contributed by atoms with E-state index in [0.29, 0.717) is 11.2 Å². The molecule has 3 aromatic heterocycles. The fourth-order valence-corrected chi connectivity index (χ4v) is 3.53.